The van der Waals surface area contributed by atoms with E-state index in [-0.39, 0.29) is 0 Å². The lowest BCUT2D eigenvalue weighted by Crippen LogP contribution is -2.04. The zero-order chi connectivity index (χ0) is 15.0. The number of methoxy groups -OCH3 is 1. The van der Waals surface area contributed by atoms with Gasteiger partial charge in [0.15, 0.2) is 0 Å². The van der Waals surface area contributed by atoms with Crippen molar-refractivity contribution in [1.29, 1.82) is 0 Å². The fourth-order valence-corrected chi connectivity index (χ4v) is 2.75. The maximum Gasteiger partial charge on any atom is 0.217 e. The molecule has 0 aliphatic carbocycles. The molecular formula is C16H17N3O2. The molecule has 0 saturated heterocycles. The summed E-state index contributed by atoms with van der Waals surface area (Å²) in [6.45, 7) is 1.87. The first-order chi connectivity index (χ1) is 10.1. The molecule has 0 aliphatic rings. The van der Waals surface area contributed by atoms with Crippen molar-refractivity contribution in [1.82, 2.24) is 14.8 Å². The summed E-state index contributed by atoms with van der Waals surface area (Å²) in [6, 6.07) is 7.72. The molecule has 1 aromatic carbocycles. The summed E-state index contributed by atoms with van der Waals surface area (Å²) in [4.78, 5) is 4.12. The minimum absolute atomic E-state index is 0.575. The Labute approximate surface area is 122 Å². The van der Waals surface area contributed by atoms with Gasteiger partial charge in [-0.25, -0.2) is 4.68 Å². The fourth-order valence-electron chi connectivity index (χ4n) is 2.75. The molecule has 1 unspecified atom stereocenters. The Morgan fingerprint density at radius 1 is 1.29 bits per heavy atom. The van der Waals surface area contributed by atoms with E-state index in [9.17, 15) is 5.11 Å². The molecule has 5 heteroatoms. The summed E-state index contributed by atoms with van der Waals surface area (Å²) in [6.07, 6.45) is 2.73. The maximum absolute atomic E-state index is 10.8. The molecule has 21 heavy (non-hydrogen) atoms. The number of hydrogen-bond acceptors (Lipinski definition) is 4. The van der Waals surface area contributed by atoms with Crippen LogP contribution >= 0.6 is 0 Å². The smallest absolute Gasteiger partial charge is 0.217 e. The van der Waals surface area contributed by atoms with Crippen LogP contribution in [0.25, 0.3) is 10.8 Å². The second-order valence-corrected chi connectivity index (χ2v) is 4.98. The van der Waals surface area contributed by atoms with E-state index in [0.717, 1.165) is 22.0 Å². The Balaban J connectivity index is 2.20. The molecule has 0 fully saturated rings. The van der Waals surface area contributed by atoms with E-state index in [1.165, 1.54) is 0 Å². The average Bonchev–Trinajstić information content (AvgIpc) is 2.79. The van der Waals surface area contributed by atoms with Crippen LogP contribution in [0.15, 0.2) is 36.7 Å². The van der Waals surface area contributed by atoms with Crippen molar-refractivity contribution < 1.29 is 9.84 Å². The standard InChI is InChI=1S/C16H17N3O2/c1-10-14(16(21-3)19(2)18-10)15(20)13-6-4-5-11-9-17-8-7-12(11)13/h4-9,15,20H,1-3H3. The largest absolute Gasteiger partial charge is 0.481 e. The summed E-state index contributed by atoms with van der Waals surface area (Å²) in [5, 5.41) is 17.1. The molecule has 0 spiro atoms. The number of aliphatic hydroxyl groups is 1. The van der Waals surface area contributed by atoms with Crippen LogP contribution in [0.5, 0.6) is 5.88 Å². The maximum atomic E-state index is 10.8. The normalized spacial score (nSPS) is 12.6. The SMILES string of the molecule is COc1c(C(O)c2cccc3cnccc23)c(C)nn1C. The molecule has 108 valence electrons. The number of benzene rings is 1. The molecular weight excluding hydrogens is 266 g/mol. The fraction of sp³-hybridized carbons (Fsp3) is 0.250. The number of fused-ring (bicyclic) bond motifs is 1. The van der Waals surface area contributed by atoms with Crippen LogP contribution in [-0.4, -0.2) is 27.0 Å². The lowest BCUT2D eigenvalue weighted by atomic mass is 9.97. The third-order valence-electron chi connectivity index (χ3n) is 3.69. The second kappa shape index (κ2) is 5.18. The van der Waals surface area contributed by atoms with Crippen molar-refractivity contribution in [3.8, 4) is 5.88 Å². The highest BCUT2D eigenvalue weighted by atomic mass is 16.5. The van der Waals surface area contributed by atoms with Crippen molar-refractivity contribution in [2.75, 3.05) is 7.11 Å². The summed E-state index contributed by atoms with van der Waals surface area (Å²) in [5.74, 6) is 0.575. The molecule has 3 rings (SSSR count). The molecule has 2 aromatic heterocycles. The summed E-state index contributed by atoms with van der Waals surface area (Å²) >= 11 is 0. The van der Waals surface area contributed by atoms with E-state index in [1.54, 1.807) is 31.2 Å². The molecule has 2 heterocycles. The van der Waals surface area contributed by atoms with E-state index in [1.807, 2.05) is 31.2 Å². The van der Waals surface area contributed by atoms with Gasteiger partial charge in [0, 0.05) is 24.8 Å². The van der Waals surface area contributed by atoms with E-state index in [2.05, 4.69) is 10.1 Å². The van der Waals surface area contributed by atoms with Crippen molar-refractivity contribution in [2.45, 2.75) is 13.0 Å². The van der Waals surface area contributed by atoms with E-state index < -0.39 is 6.10 Å². The van der Waals surface area contributed by atoms with Crippen LogP contribution in [0.4, 0.5) is 0 Å². The van der Waals surface area contributed by atoms with Gasteiger partial charge < -0.3 is 9.84 Å². The van der Waals surface area contributed by atoms with E-state index in [0.29, 0.717) is 11.4 Å². The van der Waals surface area contributed by atoms with Crippen LogP contribution in [0, 0.1) is 6.92 Å². The van der Waals surface area contributed by atoms with Gasteiger partial charge in [0.2, 0.25) is 5.88 Å². The first-order valence-electron chi connectivity index (χ1n) is 6.71. The molecule has 1 N–H and O–H groups in total. The minimum Gasteiger partial charge on any atom is -0.481 e. The molecule has 0 amide bonds. The first kappa shape index (κ1) is 13.6. The number of hydrogen-bond donors (Lipinski definition) is 1. The topological polar surface area (TPSA) is 60.2 Å². The zero-order valence-corrected chi connectivity index (χ0v) is 12.2. The van der Waals surface area contributed by atoms with Gasteiger partial charge in [0.25, 0.3) is 0 Å². The van der Waals surface area contributed by atoms with Gasteiger partial charge in [-0.05, 0) is 23.9 Å². The number of aryl methyl sites for hydroxylation is 2. The highest BCUT2D eigenvalue weighted by Gasteiger charge is 2.24. The number of pyridine rings is 1. The van der Waals surface area contributed by atoms with Gasteiger partial charge in [0.1, 0.15) is 6.10 Å². The number of rotatable bonds is 3. The highest BCUT2D eigenvalue weighted by Crippen LogP contribution is 2.35. The summed E-state index contributed by atoms with van der Waals surface area (Å²) in [7, 11) is 3.38. The lowest BCUT2D eigenvalue weighted by Gasteiger charge is -2.15. The van der Waals surface area contributed by atoms with Crippen molar-refractivity contribution >= 4 is 10.8 Å². The van der Waals surface area contributed by atoms with Gasteiger partial charge in [-0.3, -0.25) is 4.98 Å². The monoisotopic (exact) mass is 283 g/mol. The zero-order valence-electron chi connectivity index (χ0n) is 12.2. The van der Waals surface area contributed by atoms with Gasteiger partial charge in [-0.1, -0.05) is 18.2 Å². The van der Waals surface area contributed by atoms with Gasteiger partial charge >= 0.3 is 0 Å². The van der Waals surface area contributed by atoms with Crippen molar-refractivity contribution in [3.63, 3.8) is 0 Å². The summed E-state index contributed by atoms with van der Waals surface area (Å²) < 4.78 is 7.02. The number of ether oxygens (including phenoxy) is 1. The Hall–Kier alpha value is -2.40. The third-order valence-corrected chi connectivity index (χ3v) is 3.69. The lowest BCUT2D eigenvalue weighted by molar-refractivity contribution is 0.214. The Kier molecular flexibility index (Phi) is 3.35. The van der Waals surface area contributed by atoms with Crippen LogP contribution in [0.1, 0.15) is 22.9 Å². The van der Waals surface area contributed by atoms with Crippen LogP contribution in [-0.2, 0) is 7.05 Å². The third kappa shape index (κ3) is 2.15. The molecule has 3 aromatic rings. The van der Waals surface area contributed by atoms with Crippen molar-refractivity contribution in [2.24, 2.45) is 7.05 Å². The molecule has 0 bridgehead atoms. The van der Waals surface area contributed by atoms with Gasteiger partial charge in [0.05, 0.1) is 18.4 Å². The number of nitrogens with zero attached hydrogens (tertiary/aromatic N) is 3. The quantitative estimate of drug-likeness (QED) is 0.801. The molecule has 0 aliphatic heterocycles. The Morgan fingerprint density at radius 3 is 2.86 bits per heavy atom. The number of aliphatic hydroxyl groups excluding tert-OH is 1. The summed E-state index contributed by atoms with van der Waals surface area (Å²) in [5.41, 5.74) is 2.28. The Bertz CT molecular complexity index is 790. The van der Waals surface area contributed by atoms with Crippen LogP contribution in [0.3, 0.4) is 0 Å². The molecule has 0 saturated carbocycles. The Morgan fingerprint density at radius 2 is 2.10 bits per heavy atom. The second-order valence-electron chi connectivity index (χ2n) is 4.98. The van der Waals surface area contributed by atoms with Crippen LogP contribution < -0.4 is 4.74 Å². The molecule has 5 nitrogen and oxygen atoms in total. The minimum atomic E-state index is -0.792. The van der Waals surface area contributed by atoms with Gasteiger partial charge in [-0.15, -0.1) is 0 Å². The predicted molar refractivity (Wildman–Crippen MR) is 80.3 cm³/mol. The van der Waals surface area contributed by atoms with Gasteiger partial charge in [-0.2, -0.15) is 5.10 Å². The van der Waals surface area contributed by atoms with Crippen molar-refractivity contribution in [3.05, 3.63) is 53.5 Å². The number of aromatic nitrogens is 3. The first-order valence-corrected chi connectivity index (χ1v) is 6.71. The van der Waals surface area contributed by atoms with E-state index in [4.69, 9.17) is 4.74 Å². The highest BCUT2D eigenvalue weighted by molar-refractivity contribution is 5.85. The van der Waals surface area contributed by atoms with E-state index >= 15 is 0 Å². The molecule has 1 atom stereocenters. The molecule has 0 radical (unpaired) electrons. The van der Waals surface area contributed by atoms with Crippen LogP contribution in [0.2, 0.25) is 0 Å². The average molecular weight is 283 g/mol. The predicted octanol–water partition coefficient (Wildman–Crippen LogP) is 2.37.